The van der Waals surface area contributed by atoms with Gasteiger partial charge in [0.15, 0.2) is 5.78 Å². The van der Waals surface area contributed by atoms with E-state index in [9.17, 15) is 4.79 Å². The predicted molar refractivity (Wildman–Crippen MR) is 80.0 cm³/mol. The fourth-order valence-corrected chi connectivity index (χ4v) is 3.04. The minimum atomic E-state index is 0.202. The summed E-state index contributed by atoms with van der Waals surface area (Å²) in [6.07, 6.45) is 2.48. The molecule has 0 bridgehead atoms. The SMILES string of the molecule is Cc1nc2ccc(C(=O)CN3CCCC(C)C3)cc2[nH]1. The number of carbonyl (C=O) groups is 1. The third-order valence-corrected chi connectivity index (χ3v) is 4.03. The van der Waals surface area contributed by atoms with Crippen LogP contribution in [0.15, 0.2) is 18.2 Å². The highest BCUT2D eigenvalue weighted by Gasteiger charge is 2.19. The highest BCUT2D eigenvalue weighted by Crippen LogP contribution is 2.17. The molecule has 1 atom stereocenters. The molecule has 2 aromatic rings. The number of Topliss-reactive ketones (excluding diaryl/α,β-unsaturated/α-hetero) is 1. The highest BCUT2D eigenvalue weighted by atomic mass is 16.1. The van der Waals surface area contributed by atoms with Gasteiger partial charge in [-0.2, -0.15) is 0 Å². The molecule has 0 spiro atoms. The van der Waals surface area contributed by atoms with E-state index in [4.69, 9.17) is 0 Å². The number of aromatic nitrogens is 2. The second-order valence-corrected chi connectivity index (χ2v) is 5.96. The van der Waals surface area contributed by atoms with Crippen molar-refractivity contribution in [1.29, 1.82) is 0 Å². The van der Waals surface area contributed by atoms with E-state index in [0.29, 0.717) is 12.5 Å². The number of fused-ring (bicyclic) bond motifs is 1. The first-order chi connectivity index (χ1) is 9.61. The van der Waals surface area contributed by atoms with Gasteiger partial charge in [0.25, 0.3) is 0 Å². The van der Waals surface area contributed by atoms with E-state index < -0.39 is 0 Å². The Balaban J connectivity index is 1.74. The summed E-state index contributed by atoms with van der Waals surface area (Å²) in [7, 11) is 0. The summed E-state index contributed by atoms with van der Waals surface area (Å²) < 4.78 is 0. The summed E-state index contributed by atoms with van der Waals surface area (Å²) in [4.78, 5) is 22.2. The molecule has 20 heavy (non-hydrogen) atoms. The molecule has 1 aliphatic rings. The van der Waals surface area contributed by atoms with Crippen LogP contribution in [0, 0.1) is 12.8 Å². The number of benzene rings is 1. The maximum Gasteiger partial charge on any atom is 0.176 e. The highest BCUT2D eigenvalue weighted by molar-refractivity contribution is 6.00. The number of nitrogens with one attached hydrogen (secondary N) is 1. The van der Waals surface area contributed by atoms with Gasteiger partial charge in [-0.25, -0.2) is 4.98 Å². The third-order valence-electron chi connectivity index (χ3n) is 4.03. The molecule has 0 amide bonds. The van der Waals surface area contributed by atoms with Crippen LogP contribution in [0.1, 0.15) is 35.9 Å². The van der Waals surface area contributed by atoms with E-state index in [1.54, 1.807) is 0 Å². The number of hydrogen-bond donors (Lipinski definition) is 1. The van der Waals surface area contributed by atoms with Gasteiger partial charge in [-0.1, -0.05) is 6.92 Å². The van der Waals surface area contributed by atoms with Crippen LogP contribution >= 0.6 is 0 Å². The first-order valence-corrected chi connectivity index (χ1v) is 7.34. The molecule has 1 aliphatic heterocycles. The number of rotatable bonds is 3. The van der Waals surface area contributed by atoms with Crippen LogP contribution in [0.2, 0.25) is 0 Å². The molecule has 0 aliphatic carbocycles. The second-order valence-electron chi connectivity index (χ2n) is 5.96. The van der Waals surface area contributed by atoms with Gasteiger partial charge in [0.05, 0.1) is 17.6 Å². The molecule has 1 unspecified atom stereocenters. The van der Waals surface area contributed by atoms with Crippen molar-refractivity contribution in [3.8, 4) is 0 Å². The number of hydrogen-bond acceptors (Lipinski definition) is 3. The second kappa shape index (κ2) is 5.37. The number of H-pyrrole nitrogens is 1. The van der Waals surface area contributed by atoms with Crippen molar-refractivity contribution in [1.82, 2.24) is 14.9 Å². The number of aromatic amines is 1. The van der Waals surface area contributed by atoms with Gasteiger partial charge < -0.3 is 4.98 Å². The summed E-state index contributed by atoms with van der Waals surface area (Å²) in [5.74, 6) is 1.79. The molecule has 106 valence electrons. The fraction of sp³-hybridized carbons (Fsp3) is 0.500. The summed E-state index contributed by atoms with van der Waals surface area (Å²) in [6.45, 7) is 6.80. The minimum Gasteiger partial charge on any atom is -0.342 e. The van der Waals surface area contributed by atoms with E-state index in [-0.39, 0.29) is 5.78 Å². The molecule has 1 saturated heterocycles. The molecule has 1 aromatic carbocycles. The van der Waals surface area contributed by atoms with E-state index >= 15 is 0 Å². The zero-order valence-electron chi connectivity index (χ0n) is 12.1. The number of imidazole rings is 1. The number of likely N-dealkylation sites (tertiary alicyclic amines) is 1. The number of ketones is 1. The van der Waals surface area contributed by atoms with E-state index in [1.165, 1.54) is 12.8 Å². The number of piperidine rings is 1. The largest absolute Gasteiger partial charge is 0.342 e. The summed E-state index contributed by atoms with van der Waals surface area (Å²) in [5.41, 5.74) is 2.64. The Morgan fingerprint density at radius 2 is 2.35 bits per heavy atom. The normalized spacial score (nSPS) is 20.4. The van der Waals surface area contributed by atoms with Gasteiger partial charge in [-0.05, 0) is 50.4 Å². The van der Waals surface area contributed by atoms with Gasteiger partial charge in [0, 0.05) is 12.1 Å². The summed E-state index contributed by atoms with van der Waals surface area (Å²) in [6, 6.07) is 5.73. The van der Waals surface area contributed by atoms with E-state index in [1.807, 2.05) is 25.1 Å². The van der Waals surface area contributed by atoms with Crippen LogP contribution in [0.5, 0.6) is 0 Å². The Bertz CT molecular complexity index is 632. The van der Waals surface area contributed by atoms with Crippen LogP contribution in [0.4, 0.5) is 0 Å². The molecular weight excluding hydrogens is 250 g/mol. The standard InChI is InChI=1S/C16H21N3O/c1-11-4-3-7-19(9-11)10-16(20)13-5-6-14-15(8-13)18-12(2)17-14/h5-6,8,11H,3-4,7,9-10H2,1-2H3,(H,17,18). The topological polar surface area (TPSA) is 49.0 Å². The average Bonchev–Trinajstić information content (AvgIpc) is 2.77. The molecule has 1 aromatic heterocycles. The van der Waals surface area contributed by atoms with Crippen LogP contribution < -0.4 is 0 Å². The van der Waals surface area contributed by atoms with Crippen LogP contribution in [0.25, 0.3) is 11.0 Å². The molecule has 2 heterocycles. The van der Waals surface area contributed by atoms with Gasteiger partial charge in [0.2, 0.25) is 0 Å². The quantitative estimate of drug-likeness (QED) is 0.873. The minimum absolute atomic E-state index is 0.202. The first kappa shape index (κ1) is 13.3. The predicted octanol–water partition coefficient (Wildman–Crippen LogP) is 2.79. The molecule has 3 rings (SSSR count). The van der Waals surface area contributed by atoms with E-state index in [2.05, 4.69) is 21.8 Å². The Kier molecular flexibility index (Phi) is 3.57. The molecule has 4 heteroatoms. The summed E-state index contributed by atoms with van der Waals surface area (Å²) in [5, 5.41) is 0. The lowest BCUT2D eigenvalue weighted by Crippen LogP contribution is -2.37. The number of nitrogens with zero attached hydrogens (tertiary/aromatic N) is 2. The van der Waals surface area contributed by atoms with Crippen molar-refractivity contribution in [3.05, 3.63) is 29.6 Å². The molecule has 0 saturated carbocycles. The lowest BCUT2D eigenvalue weighted by atomic mass is 9.99. The summed E-state index contributed by atoms with van der Waals surface area (Å²) >= 11 is 0. The molecular formula is C16H21N3O. The van der Waals surface area contributed by atoms with E-state index in [0.717, 1.165) is 35.5 Å². The Morgan fingerprint density at radius 3 is 3.15 bits per heavy atom. The van der Waals surface area contributed by atoms with Crippen LogP contribution in [0.3, 0.4) is 0 Å². The first-order valence-electron chi connectivity index (χ1n) is 7.34. The van der Waals surface area contributed by atoms with Crippen molar-refractivity contribution >= 4 is 16.8 Å². The smallest absolute Gasteiger partial charge is 0.176 e. The van der Waals surface area contributed by atoms with Gasteiger partial charge in [-0.15, -0.1) is 0 Å². The Labute approximate surface area is 119 Å². The third kappa shape index (κ3) is 2.75. The number of carbonyl (C=O) groups excluding carboxylic acids is 1. The lowest BCUT2D eigenvalue weighted by molar-refractivity contribution is 0.0893. The molecule has 1 fully saturated rings. The van der Waals surface area contributed by atoms with Gasteiger partial charge in [0.1, 0.15) is 5.82 Å². The van der Waals surface area contributed by atoms with Crippen molar-refractivity contribution < 1.29 is 4.79 Å². The molecule has 1 N–H and O–H groups in total. The molecule has 4 nitrogen and oxygen atoms in total. The van der Waals surface area contributed by atoms with Crippen LogP contribution in [-0.2, 0) is 0 Å². The average molecular weight is 271 g/mol. The zero-order chi connectivity index (χ0) is 14.1. The van der Waals surface area contributed by atoms with Crippen molar-refractivity contribution in [2.24, 2.45) is 5.92 Å². The van der Waals surface area contributed by atoms with Crippen molar-refractivity contribution in [3.63, 3.8) is 0 Å². The fourth-order valence-electron chi connectivity index (χ4n) is 3.04. The molecule has 0 radical (unpaired) electrons. The van der Waals surface area contributed by atoms with Crippen LogP contribution in [-0.4, -0.2) is 40.3 Å². The maximum absolute atomic E-state index is 12.4. The number of aryl methyl sites for hydroxylation is 1. The van der Waals surface area contributed by atoms with Gasteiger partial charge in [-0.3, -0.25) is 9.69 Å². The monoisotopic (exact) mass is 271 g/mol. The Morgan fingerprint density at radius 1 is 1.50 bits per heavy atom. The Hall–Kier alpha value is -1.68. The van der Waals surface area contributed by atoms with Crippen molar-refractivity contribution in [2.45, 2.75) is 26.7 Å². The maximum atomic E-state index is 12.4. The zero-order valence-corrected chi connectivity index (χ0v) is 12.1. The lowest BCUT2D eigenvalue weighted by Gasteiger charge is -2.30. The van der Waals surface area contributed by atoms with Gasteiger partial charge >= 0.3 is 0 Å². The van der Waals surface area contributed by atoms with Crippen molar-refractivity contribution in [2.75, 3.05) is 19.6 Å².